The average Bonchev–Trinajstić information content (AvgIpc) is 2.69. The maximum absolute atomic E-state index is 14.1. The smallest absolute Gasteiger partial charge is 0.406 e. The molecule has 4 nitrogen and oxygen atoms in total. The van der Waals surface area contributed by atoms with Gasteiger partial charge in [0.05, 0.1) is 11.3 Å². The molecule has 9 heteroatoms. The van der Waals surface area contributed by atoms with Gasteiger partial charge in [-0.05, 0) is 53.0 Å². The third-order valence-corrected chi connectivity index (χ3v) is 4.34. The fraction of sp³-hybridized carbons (Fsp3) is 0.294. The van der Waals surface area contributed by atoms with E-state index in [9.17, 15) is 22.4 Å². The van der Waals surface area contributed by atoms with Gasteiger partial charge in [0.1, 0.15) is 11.6 Å². The van der Waals surface area contributed by atoms with Crippen molar-refractivity contribution in [2.24, 2.45) is 0 Å². The van der Waals surface area contributed by atoms with Crippen LogP contribution in [-0.4, -0.2) is 28.7 Å². The van der Waals surface area contributed by atoms with Crippen molar-refractivity contribution in [3.05, 3.63) is 57.6 Å². The minimum absolute atomic E-state index is 0.0495. The van der Waals surface area contributed by atoms with E-state index in [1.54, 1.807) is 12.3 Å². The predicted molar refractivity (Wildman–Crippen MR) is 88.1 cm³/mol. The molecule has 0 spiro atoms. The number of aryl methyl sites for hydroxylation is 1. The molecule has 1 aliphatic heterocycles. The average molecular weight is 433 g/mol. The highest BCUT2D eigenvalue weighted by Crippen LogP contribution is 2.27. The summed E-state index contributed by atoms with van der Waals surface area (Å²) in [6.45, 7) is 0.183. The molecule has 26 heavy (non-hydrogen) atoms. The summed E-state index contributed by atoms with van der Waals surface area (Å²) < 4.78 is 55.6. The van der Waals surface area contributed by atoms with Crippen LogP contribution in [0.25, 0.3) is 0 Å². The van der Waals surface area contributed by atoms with Gasteiger partial charge in [0.2, 0.25) is 0 Å². The Morgan fingerprint density at radius 3 is 2.77 bits per heavy atom. The second kappa shape index (κ2) is 7.22. The fourth-order valence-corrected chi connectivity index (χ4v) is 3.12. The number of alkyl halides is 3. The number of carbonyl (C=O) groups is 1. The molecule has 138 valence electrons. The molecule has 0 saturated heterocycles. The van der Waals surface area contributed by atoms with Gasteiger partial charge in [-0.2, -0.15) is 0 Å². The molecule has 0 N–H and O–H groups in total. The van der Waals surface area contributed by atoms with Crippen molar-refractivity contribution in [1.29, 1.82) is 0 Å². The topological polar surface area (TPSA) is 42.4 Å². The lowest BCUT2D eigenvalue weighted by atomic mass is 10.1. The Morgan fingerprint density at radius 2 is 2.04 bits per heavy atom. The van der Waals surface area contributed by atoms with Crippen molar-refractivity contribution in [3.8, 4) is 5.75 Å². The fourth-order valence-electron chi connectivity index (χ4n) is 2.79. The number of hydrogen-bond acceptors (Lipinski definition) is 3. The first-order valence-corrected chi connectivity index (χ1v) is 8.50. The molecule has 0 atom stereocenters. The van der Waals surface area contributed by atoms with Crippen LogP contribution in [0.1, 0.15) is 28.0 Å². The molecule has 3 rings (SSSR count). The number of amides is 1. The van der Waals surface area contributed by atoms with Crippen LogP contribution < -0.4 is 4.74 Å². The van der Waals surface area contributed by atoms with Crippen molar-refractivity contribution in [3.63, 3.8) is 0 Å². The number of ether oxygens (including phenoxy) is 1. The maximum Gasteiger partial charge on any atom is 0.573 e. The minimum Gasteiger partial charge on any atom is -0.406 e. The van der Waals surface area contributed by atoms with Crippen LogP contribution in [0.15, 0.2) is 34.9 Å². The summed E-state index contributed by atoms with van der Waals surface area (Å²) in [5.41, 5.74) is 1.00. The van der Waals surface area contributed by atoms with Crippen LogP contribution in [0.3, 0.4) is 0 Å². The van der Waals surface area contributed by atoms with Crippen LogP contribution in [0.5, 0.6) is 5.75 Å². The molecule has 1 aliphatic rings. The van der Waals surface area contributed by atoms with E-state index < -0.39 is 17.9 Å². The highest BCUT2D eigenvalue weighted by molar-refractivity contribution is 9.10. The number of carbonyl (C=O) groups excluding carboxylic acids is 1. The molecule has 0 unspecified atom stereocenters. The number of pyridine rings is 1. The molecule has 1 amide bonds. The normalized spacial score (nSPS) is 14.8. The molecule has 0 radical (unpaired) electrons. The zero-order valence-electron chi connectivity index (χ0n) is 13.3. The Labute approximate surface area is 154 Å². The van der Waals surface area contributed by atoms with Crippen molar-refractivity contribution in [2.75, 3.05) is 6.54 Å². The van der Waals surface area contributed by atoms with Gasteiger partial charge < -0.3 is 9.64 Å². The first kappa shape index (κ1) is 18.6. The summed E-state index contributed by atoms with van der Waals surface area (Å²) in [6.07, 6.45) is -2.07. The summed E-state index contributed by atoms with van der Waals surface area (Å²) in [5.74, 6) is -1.57. The molecule has 1 aromatic heterocycles. The summed E-state index contributed by atoms with van der Waals surface area (Å²) in [7, 11) is 0. The summed E-state index contributed by atoms with van der Waals surface area (Å²) in [4.78, 5) is 18.4. The minimum atomic E-state index is -4.87. The maximum atomic E-state index is 14.1. The molecule has 0 aliphatic carbocycles. The number of benzene rings is 1. The summed E-state index contributed by atoms with van der Waals surface area (Å²) >= 11 is 3.26. The van der Waals surface area contributed by atoms with Crippen LogP contribution in [0.2, 0.25) is 0 Å². The van der Waals surface area contributed by atoms with Gasteiger partial charge in [-0.25, -0.2) is 4.39 Å². The molecule has 0 fully saturated rings. The van der Waals surface area contributed by atoms with E-state index in [1.165, 1.54) is 4.90 Å². The van der Waals surface area contributed by atoms with Gasteiger partial charge in [0, 0.05) is 29.3 Å². The lowest BCUT2D eigenvalue weighted by Gasteiger charge is -2.22. The summed E-state index contributed by atoms with van der Waals surface area (Å²) in [6, 6.07) is 4.39. The number of hydrogen-bond donors (Lipinski definition) is 0. The van der Waals surface area contributed by atoms with Gasteiger partial charge >= 0.3 is 6.36 Å². The highest BCUT2D eigenvalue weighted by Gasteiger charge is 2.31. The van der Waals surface area contributed by atoms with Gasteiger partial charge in [0.25, 0.3) is 5.91 Å². The van der Waals surface area contributed by atoms with E-state index in [1.807, 2.05) is 0 Å². The highest BCUT2D eigenvalue weighted by atomic mass is 79.9. The van der Waals surface area contributed by atoms with Crippen molar-refractivity contribution in [1.82, 2.24) is 9.88 Å². The van der Waals surface area contributed by atoms with Gasteiger partial charge in [-0.3, -0.25) is 9.78 Å². The Balaban J connectivity index is 1.86. The monoisotopic (exact) mass is 432 g/mol. The van der Waals surface area contributed by atoms with E-state index in [4.69, 9.17) is 0 Å². The Hall–Kier alpha value is -2.16. The van der Waals surface area contributed by atoms with Crippen LogP contribution in [0, 0.1) is 5.82 Å². The van der Waals surface area contributed by atoms with E-state index in [0.29, 0.717) is 35.1 Å². The lowest BCUT2D eigenvalue weighted by Crippen LogP contribution is -2.31. The summed E-state index contributed by atoms with van der Waals surface area (Å²) in [5, 5.41) is 0. The second-order valence-electron chi connectivity index (χ2n) is 5.78. The third kappa shape index (κ3) is 4.32. The SMILES string of the molecule is O=C1c2cc(Br)cnc2CCCN1Cc1cc(OC(F)(F)F)ccc1F. The predicted octanol–water partition coefficient (Wildman–Crippen LogP) is 4.47. The third-order valence-electron chi connectivity index (χ3n) is 3.91. The number of halogens is 5. The molecular formula is C17H13BrF4N2O2. The van der Waals surface area contributed by atoms with Crippen LogP contribution in [0.4, 0.5) is 17.6 Å². The zero-order valence-corrected chi connectivity index (χ0v) is 14.9. The number of nitrogens with zero attached hydrogens (tertiary/aromatic N) is 2. The number of rotatable bonds is 3. The van der Waals surface area contributed by atoms with E-state index in [-0.39, 0.29) is 18.0 Å². The number of aromatic nitrogens is 1. The van der Waals surface area contributed by atoms with Crippen molar-refractivity contribution < 1.29 is 27.1 Å². The van der Waals surface area contributed by atoms with Crippen molar-refractivity contribution >= 4 is 21.8 Å². The Bertz CT molecular complexity index is 842. The molecular weight excluding hydrogens is 420 g/mol. The van der Waals surface area contributed by atoms with Gasteiger partial charge in [-0.1, -0.05) is 0 Å². The molecule has 2 aromatic rings. The first-order valence-electron chi connectivity index (χ1n) is 7.71. The van der Waals surface area contributed by atoms with Crippen LogP contribution >= 0.6 is 15.9 Å². The first-order chi connectivity index (χ1) is 12.2. The zero-order chi connectivity index (χ0) is 18.9. The van der Waals surface area contributed by atoms with Crippen LogP contribution in [-0.2, 0) is 13.0 Å². The van der Waals surface area contributed by atoms with Gasteiger partial charge in [0.15, 0.2) is 0 Å². The van der Waals surface area contributed by atoms with E-state index in [2.05, 4.69) is 25.7 Å². The van der Waals surface area contributed by atoms with E-state index in [0.717, 1.165) is 18.2 Å². The molecule has 1 aromatic carbocycles. The Morgan fingerprint density at radius 1 is 1.27 bits per heavy atom. The van der Waals surface area contributed by atoms with E-state index >= 15 is 0 Å². The number of fused-ring (bicyclic) bond motifs is 1. The van der Waals surface area contributed by atoms with Gasteiger partial charge in [-0.15, -0.1) is 13.2 Å². The standard InChI is InChI=1S/C17H13BrF4N2O2/c18-11-7-13-15(23-8-11)2-1-5-24(16(13)25)9-10-6-12(3-4-14(10)19)26-17(20,21)22/h3-4,6-8H,1-2,5,9H2. The largest absolute Gasteiger partial charge is 0.573 e. The molecule has 2 heterocycles. The Kier molecular flexibility index (Phi) is 5.17. The lowest BCUT2D eigenvalue weighted by molar-refractivity contribution is -0.274. The second-order valence-corrected chi connectivity index (χ2v) is 6.69. The molecule has 0 bridgehead atoms. The van der Waals surface area contributed by atoms with Crippen molar-refractivity contribution in [2.45, 2.75) is 25.7 Å². The quantitative estimate of drug-likeness (QED) is 0.671. The molecule has 0 saturated carbocycles.